The highest BCUT2D eigenvalue weighted by molar-refractivity contribution is 9.10. The maximum Gasteiger partial charge on any atom is 0.344 e. The van der Waals surface area contributed by atoms with Crippen molar-refractivity contribution in [1.82, 2.24) is 20.2 Å². The quantitative estimate of drug-likeness (QED) is 0.589. The molecule has 8 heteroatoms. The Balaban J connectivity index is 1.35. The van der Waals surface area contributed by atoms with Gasteiger partial charge in [-0.1, -0.05) is 30.3 Å². The number of rotatable bonds is 6. The summed E-state index contributed by atoms with van der Waals surface area (Å²) in [6.45, 7) is -0.132. The Bertz CT molecular complexity index is 923. The zero-order valence-electron chi connectivity index (χ0n) is 13.3. The van der Waals surface area contributed by atoms with E-state index in [2.05, 4.69) is 31.5 Å². The fourth-order valence-electron chi connectivity index (χ4n) is 2.56. The second kappa shape index (κ2) is 6.79. The van der Waals surface area contributed by atoms with Crippen LogP contribution in [-0.2, 0) is 16.1 Å². The van der Waals surface area contributed by atoms with Crippen molar-refractivity contribution in [1.29, 1.82) is 0 Å². The maximum atomic E-state index is 11.9. The number of hydrogen-bond donors (Lipinski definition) is 0. The van der Waals surface area contributed by atoms with E-state index >= 15 is 0 Å². The van der Waals surface area contributed by atoms with Gasteiger partial charge in [-0.15, -0.1) is 5.10 Å². The van der Waals surface area contributed by atoms with E-state index in [4.69, 9.17) is 9.47 Å². The van der Waals surface area contributed by atoms with Crippen LogP contribution in [0.1, 0.15) is 24.7 Å². The SMILES string of the molecule is O=C(COc1ccc2ccccc2c1Br)OCc1nnnn1C1CC1. The first-order valence-electron chi connectivity index (χ1n) is 7.95. The number of esters is 1. The minimum Gasteiger partial charge on any atom is -0.481 e. The van der Waals surface area contributed by atoms with Crippen LogP contribution in [-0.4, -0.2) is 32.8 Å². The average Bonchev–Trinajstić information content (AvgIpc) is 3.37. The molecule has 0 bridgehead atoms. The molecule has 1 aliphatic carbocycles. The molecule has 7 nitrogen and oxygen atoms in total. The lowest BCUT2D eigenvalue weighted by Crippen LogP contribution is -2.16. The minimum atomic E-state index is -0.467. The molecule has 128 valence electrons. The van der Waals surface area contributed by atoms with Gasteiger partial charge in [0.2, 0.25) is 0 Å². The van der Waals surface area contributed by atoms with E-state index in [0.29, 0.717) is 17.6 Å². The average molecular weight is 403 g/mol. The van der Waals surface area contributed by atoms with Crippen molar-refractivity contribution < 1.29 is 14.3 Å². The first kappa shape index (κ1) is 16.0. The normalized spacial score (nSPS) is 13.8. The molecule has 4 rings (SSSR count). The Morgan fingerprint density at radius 3 is 2.92 bits per heavy atom. The molecule has 0 amide bonds. The fraction of sp³-hybridized carbons (Fsp3) is 0.294. The predicted octanol–water partition coefficient (Wildman–Crippen LogP) is 3.05. The summed E-state index contributed by atoms with van der Waals surface area (Å²) in [5.74, 6) is 0.687. The third-order valence-corrected chi connectivity index (χ3v) is 4.81. The van der Waals surface area contributed by atoms with Gasteiger partial charge < -0.3 is 9.47 Å². The number of carbonyl (C=O) groups is 1. The Hall–Kier alpha value is -2.48. The Morgan fingerprint density at radius 1 is 1.24 bits per heavy atom. The number of benzene rings is 2. The molecule has 1 aromatic heterocycles. The Labute approximate surface area is 152 Å². The number of carbonyl (C=O) groups excluding carboxylic acids is 1. The molecule has 0 spiro atoms. The van der Waals surface area contributed by atoms with Gasteiger partial charge in [0.15, 0.2) is 19.0 Å². The van der Waals surface area contributed by atoms with Gasteiger partial charge in [-0.25, -0.2) is 9.48 Å². The summed E-state index contributed by atoms with van der Waals surface area (Å²) in [5, 5.41) is 13.6. The molecule has 3 aromatic rings. The molecule has 1 fully saturated rings. The summed E-state index contributed by atoms with van der Waals surface area (Å²) in [6.07, 6.45) is 2.12. The van der Waals surface area contributed by atoms with E-state index in [1.165, 1.54) is 0 Å². The van der Waals surface area contributed by atoms with Gasteiger partial charge in [-0.2, -0.15) is 0 Å². The van der Waals surface area contributed by atoms with E-state index in [0.717, 1.165) is 28.1 Å². The highest BCUT2D eigenvalue weighted by Gasteiger charge is 2.28. The summed E-state index contributed by atoms with van der Waals surface area (Å²) in [5.41, 5.74) is 0. The smallest absolute Gasteiger partial charge is 0.344 e. The molecule has 1 heterocycles. The lowest BCUT2D eigenvalue weighted by atomic mass is 10.1. The van der Waals surface area contributed by atoms with Crippen LogP contribution in [0.4, 0.5) is 0 Å². The monoisotopic (exact) mass is 402 g/mol. The first-order chi connectivity index (χ1) is 12.2. The number of nitrogens with zero attached hydrogens (tertiary/aromatic N) is 4. The fourth-order valence-corrected chi connectivity index (χ4v) is 3.17. The summed E-state index contributed by atoms with van der Waals surface area (Å²) in [6, 6.07) is 12.0. The highest BCUT2D eigenvalue weighted by atomic mass is 79.9. The number of ether oxygens (including phenoxy) is 2. The molecule has 0 unspecified atom stereocenters. The third kappa shape index (κ3) is 3.48. The van der Waals surface area contributed by atoms with Crippen LogP contribution < -0.4 is 4.74 Å². The first-order valence-corrected chi connectivity index (χ1v) is 8.74. The van der Waals surface area contributed by atoms with E-state index < -0.39 is 5.97 Å². The lowest BCUT2D eigenvalue weighted by molar-refractivity contribution is -0.147. The number of tetrazole rings is 1. The molecule has 0 aliphatic heterocycles. The van der Waals surface area contributed by atoms with Gasteiger partial charge >= 0.3 is 5.97 Å². The molecule has 0 N–H and O–H groups in total. The Morgan fingerprint density at radius 2 is 2.08 bits per heavy atom. The largest absolute Gasteiger partial charge is 0.481 e. The summed E-state index contributed by atoms with van der Waals surface area (Å²) < 4.78 is 13.3. The second-order valence-corrected chi connectivity index (χ2v) is 6.61. The number of halogens is 1. The van der Waals surface area contributed by atoms with Crippen molar-refractivity contribution in [3.8, 4) is 5.75 Å². The van der Waals surface area contributed by atoms with Crippen molar-refractivity contribution in [2.75, 3.05) is 6.61 Å². The lowest BCUT2D eigenvalue weighted by Gasteiger charge is -2.10. The van der Waals surface area contributed by atoms with Gasteiger partial charge in [0.05, 0.1) is 10.5 Å². The van der Waals surface area contributed by atoms with Crippen molar-refractivity contribution >= 4 is 32.7 Å². The topological polar surface area (TPSA) is 79.1 Å². The zero-order chi connectivity index (χ0) is 17.2. The summed E-state index contributed by atoms with van der Waals surface area (Å²) >= 11 is 3.53. The van der Waals surface area contributed by atoms with Crippen LogP contribution in [0, 0.1) is 0 Å². The third-order valence-electron chi connectivity index (χ3n) is 3.99. The van der Waals surface area contributed by atoms with E-state index in [1.807, 2.05) is 36.4 Å². The molecule has 1 aliphatic rings. The summed E-state index contributed by atoms with van der Waals surface area (Å²) in [4.78, 5) is 11.9. The van der Waals surface area contributed by atoms with Gasteiger partial charge in [0.25, 0.3) is 0 Å². The van der Waals surface area contributed by atoms with Crippen LogP contribution in [0.3, 0.4) is 0 Å². The number of hydrogen-bond acceptors (Lipinski definition) is 6. The van der Waals surface area contributed by atoms with Crippen LogP contribution >= 0.6 is 15.9 Å². The van der Waals surface area contributed by atoms with Crippen molar-refractivity contribution in [3.05, 3.63) is 46.7 Å². The molecule has 0 radical (unpaired) electrons. The van der Waals surface area contributed by atoms with Crippen LogP contribution in [0.25, 0.3) is 10.8 Å². The van der Waals surface area contributed by atoms with Gasteiger partial charge in [0, 0.05) is 0 Å². The van der Waals surface area contributed by atoms with E-state index in [9.17, 15) is 4.79 Å². The molecule has 1 saturated carbocycles. The molecule has 0 saturated heterocycles. The minimum absolute atomic E-state index is 0.0462. The number of fused-ring (bicyclic) bond motifs is 1. The number of aromatic nitrogens is 4. The predicted molar refractivity (Wildman–Crippen MR) is 93.0 cm³/mol. The van der Waals surface area contributed by atoms with Gasteiger partial charge in [-0.05, 0) is 56.0 Å². The molecule has 0 atom stereocenters. The molecule has 25 heavy (non-hydrogen) atoms. The van der Waals surface area contributed by atoms with Crippen LogP contribution in [0.15, 0.2) is 40.9 Å². The van der Waals surface area contributed by atoms with E-state index in [1.54, 1.807) is 4.68 Å². The van der Waals surface area contributed by atoms with E-state index in [-0.39, 0.29) is 13.2 Å². The Kier molecular flexibility index (Phi) is 4.35. The van der Waals surface area contributed by atoms with Crippen LogP contribution in [0.2, 0.25) is 0 Å². The van der Waals surface area contributed by atoms with Crippen molar-refractivity contribution in [2.45, 2.75) is 25.5 Å². The van der Waals surface area contributed by atoms with Crippen LogP contribution in [0.5, 0.6) is 5.75 Å². The molecular weight excluding hydrogens is 388 g/mol. The maximum absolute atomic E-state index is 11.9. The highest BCUT2D eigenvalue weighted by Crippen LogP contribution is 2.34. The van der Waals surface area contributed by atoms with Gasteiger partial charge in [0.1, 0.15) is 5.75 Å². The second-order valence-electron chi connectivity index (χ2n) is 5.82. The standard InChI is InChI=1S/C17H15BrN4O3/c18-17-13-4-2-1-3-11(13)5-8-14(17)24-10-16(23)25-9-15-19-20-21-22(15)12-6-7-12/h1-5,8,12H,6-7,9-10H2. The zero-order valence-corrected chi connectivity index (χ0v) is 14.8. The van der Waals surface area contributed by atoms with Crippen molar-refractivity contribution in [2.24, 2.45) is 0 Å². The molecule has 2 aromatic carbocycles. The summed E-state index contributed by atoms with van der Waals surface area (Å²) in [7, 11) is 0. The van der Waals surface area contributed by atoms with Crippen molar-refractivity contribution in [3.63, 3.8) is 0 Å². The molecular formula is C17H15BrN4O3. The van der Waals surface area contributed by atoms with Gasteiger partial charge in [-0.3, -0.25) is 0 Å².